The van der Waals surface area contributed by atoms with E-state index in [0.717, 1.165) is 17.9 Å². The van der Waals surface area contributed by atoms with Crippen LogP contribution in [0.15, 0.2) is 78.9 Å². The van der Waals surface area contributed by atoms with E-state index in [1.807, 2.05) is 42.5 Å². The Morgan fingerprint density at radius 1 is 0.750 bits per heavy atom. The molecule has 0 saturated heterocycles. The second-order valence-corrected chi connectivity index (χ2v) is 5.60. The molecule has 0 amide bonds. The van der Waals surface area contributed by atoms with E-state index < -0.39 is 0 Å². The average Bonchev–Trinajstić information content (AvgIpc) is 2.66. The SMILES string of the molecule is COc1ccc([CH]Cc2cccc(OCc3ccccc3)c2)cc1. The van der Waals surface area contributed by atoms with Crippen LogP contribution >= 0.6 is 0 Å². The summed E-state index contributed by atoms with van der Waals surface area (Å²) in [5, 5.41) is 0. The summed E-state index contributed by atoms with van der Waals surface area (Å²) >= 11 is 0. The lowest BCUT2D eigenvalue weighted by atomic mass is 10.0. The van der Waals surface area contributed by atoms with Gasteiger partial charge in [-0.2, -0.15) is 0 Å². The highest BCUT2D eigenvalue weighted by molar-refractivity contribution is 5.35. The third-order valence-corrected chi connectivity index (χ3v) is 3.84. The van der Waals surface area contributed by atoms with Gasteiger partial charge in [-0.3, -0.25) is 0 Å². The molecule has 0 bridgehead atoms. The molecule has 0 saturated carbocycles. The van der Waals surface area contributed by atoms with Crippen LogP contribution in [-0.4, -0.2) is 7.11 Å². The number of hydrogen-bond acceptors (Lipinski definition) is 2. The monoisotopic (exact) mass is 317 g/mol. The van der Waals surface area contributed by atoms with Crippen molar-refractivity contribution in [3.63, 3.8) is 0 Å². The maximum absolute atomic E-state index is 5.88. The minimum absolute atomic E-state index is 0.590. The molecule has 3 aromatic carbocycles. The van der Waals surface area contributed by atoms with Crippen molar-refractivity contribution >= 4 is 0 Å². The Hall–Kier alpha value is -2.74. The van der Waals surface area contributed by atoms with E-state index in [9.17, 15) is 0 Å². The van der Waals surface area contributed by atoms with Gasteiger partial charge in [0.2, 0.25) is 0 Å². The van der Waals surface area contributed by atoms with E-state index in [-0.39, 0.29) is 0 Å². The van der Waals surface area contributed by atoms with E-state index in [1.54, 1.807) is 7.11 Å². The number of hydrogen-bond donors (Lipinski definition) is 0. The van der Waals surface area contributed by atoms with Gasteiger partial charge in [0.15, 0.2) is 0 Å². The molecular weight excluding hydrogens is 296 g/mol. The molecule has 1 radical (unpaired) electrons. The van der Waals surface area contributed by atoms with Gasteiger partial charge in [0.05, 0.1) is 7.11 Å². The van der Waals surface area contributed by atoms with Crippen molar-refractivity contribution in [1.29, 1.82) is 0 Å². The van der Waals surface area contributed by atoms with Crippen molar-refractivity contribution in [1.82, 2.24) is 0 Å². The predicted molar refractivity (Wildman–Crippen MR) is 97.3 cm³/mol. The van der Waals surface area contributed by atoms with Crippen LogP contribution in [-0.2, 0) is 13.0 Å². The summed E-state index contributed by atoms with van der Waals surface area (Å²) in [5.41, 5.74) is 3.59. The van der Waals surface area contributed by atoms with Crippen LogP contribution < -0.4 is 9.47 Å². The Kier molecular flexibility index (Phi) is 5.52. The highest BCUT2D eigenvalue weighted by atomic mass is 16.5. The molecule has 0 N–H and O–H groups in total. The van der Waals surface area contributed by atoms with Crippen molar-refractivity contribution in [2.45, 2.75) is 13.0 Å². The molecule has 0 heterocycles. The zero-order valence-corrected chi connectivity index (χ0v) is 13.8. The van der Waals surface area contributed by atoms with Gasteiger partial charge >= 0.3 is 0 Å². The smallest absolute Gasteiger partial charge is 0.120 e. The summed E-state index contributed by atoms with van der Waals surface area (Å²) in [5.74, 6) is 1.78. The van der Waals surface area contributed by atoms with Gasteiger partial charge in [-0.15, -0.1) is 0 Å². The lowest BCUT2D eigenvalue weighted by molar-refractivity contribution is 0.306. The summed E-state index contributed by atoms with van der Waals surface area (Å²) in [6.07, 6.45) is 3.07. The van der Waals surface area contributed by atoms with Gasteiger partial charge in [0, 0.05) is 0 Å². The van der Waals surface area contributed by atoms with Crippen LogP contribution in [0.3, 0.4) is 0 Å². The third-order valence-electron chi connectivity index (χ3n) is 3.84. The molecule has 0 spiro atoms. The molecule has 0 aliphatic rings. The van der Waals surface area contributed by atoms with Crippen LogP contribution in [0.1, 0.15) is 16.7 Å². The maximum Gasteiger partial charge on any atom is 0.120 e. The summed E-state index contributed by atoms with van der Waals surface area (Å²) in [6.45, 7) is 0.590. The van der Waals surface area contributed by atoms with E-state index in [0.29, 0.717) is 6.61 Å². The largest absolute Gasteiger partial charge is 0.497 e. The molecule has 0 unspecified atom stereocenters. The Labute approximate surface area is 143 Å². The standard InChI is InChI=1S/C22H21O2/c1-23-21-14-12-18(13-15-21)10-11-19-8-5-9-22(16-19)24-17-20-6-3-2-4-7-20/h2-10,12-16H,11,17H2,1H3. The number of methoxy groups -OCH3 is 1. The summed E-state index contributed by atoms with van der Waals surface area (Å²) in [6, 6.07) is 26.6. The van der Waals surface area contributed by atoms with Crippen LogP contribution in [0, 0.1) is 6.42 Å². The van der Waals surface area contributed by atoms with Gasteiger partial charge in [-0.25, -0.2) is 0 Å². The molecule has 0 fully saturated rings. The van der Waals surface area contributed by atoms with Gasteiger partial charge in [0.1, 0.15) is 18.1 Å². The quantitative estimate of drug-likeness (QED) is 0.606. The van der Waals surface area contributed by atoms with Crippen molar-refractivity contribution in [3.8, 4) is 11.5 Å². The minimum Gasteiger partial charge on any atom is -0.497 e. The van der Waals surface area contributed by atoms with Gasteiger partial charge < -0.3 is 9.47 Å². The highest BCUT2D eigenvalue weighted by Crippen LogP contribution is 2.19. The normalized spacial score (nSPS) is 10.4. The molecule has 121 valence electrons. The lowest BCUT2D eigenvalue weighted by Crippen LogP contribution is -1.96. The minimum atomic E-state index is 0.590. The number of ether oxygens (including phenoxy) is 2. The Morgan fingerprint density at radius 2 is 1.50 bits per heavy atom. The van der Waals surface area contributed by atoms with Gasteiger partial charge in [0.25, 0.3) is 0 Å². The first-order valence-corrected chi connectivity index (χ1v) is 8.06. The highest BCUT2D eigenvalue weighted by Gasteiger charge is 2.01. The number of rotatable bonds is 7. The van der Waals surface area contributed by atoms with Crippen LogP contribution in [0.25, 0.3) is 0 Å². The van der Waals surface area contributed by atoms with E-state index in [4.69, 9.17) is 9.47 Å². The summed E-state index contributed by atoms with van der Waals surface area (Å²) < 4.78 is 11.1. The summed E-state index contributed by atoms with van der Waals surface area (Å²) in [4.78, 5) is 0. The molecule has 0 aliphatic heterocycles. The third kappa shape index (κ3) is 4.63. The maximum atomic E-state index is 5.88. The van der Waals surface area contributed by atoms with Crippen molar-refractivity contribution in [2.75, 3.05) is 7.11 Å². The molecule has 2 heteroatoms. The Balaban J connectivity index is 1.56. The van der Waals surface area contributed by atoms with E-state index in [2.05, 4.69) is 42.8 Å². The molecule has 0 aromatic heterocycles. The van der Waals surface area contributed by atoms with Gasteiger partial charge in [-0.1, -0.05) is 54.6 Å². The fraction of sp³-hybridized carbons (Fsp3) is 0.136. The van der Waals surface area contributed by atoms with Crippen molar-refractivity contribution in [3.05, 3.63) is 102 Å². The van der Waals surface area contributed by atoms with Crippen molar-refractivity contribution < 1.29 is 9.47 Å². The van der Waals surface area contributed by atoms with E-state index in [1.165, 1.54) is 16.7 Å². The van der Waals surface area contributed by atoms with Crippen LogP contribution in [0.2, 0.25) is 0 Å². The molecule has 24 heavy (non-hydrogen) atoms. The van der Waals surface area contributed by atoms with Crippen LogP contribution in [0.5, 0.6) is 11.5 Å². The van der Waals surface area contributed by atoms with Crippen LogP contribution in [0.4, 0.5) is 0 Å². The zero-order chi connectivity index (χ0) is 16.6. The zero-order valence-electron chi connectivity index (χ0n) is 13.8. The Morgan fingerprint density at radius 3 is 2.25 bits per heavy atom. The molecule has 3 aromatic rings. The fourth-order valence-electron chi connectivity index (χ4n) is 2.48. The molecule has 0 atom stereocenters. The predicted octanol–water partition coefficient (Wildman–Crippen LogP) is 5.07. The second kappa shape index (κ2) is 8.21. The molecule has 0 aliphatic carbocycles. The average molecular weight is 317 g/mol. The summed E-state index contributed by atoms with van der Waals surface area (Å²) in [7, 11) is 1.68. The van der Waals surface area contributed by atoms with E-state index >= 15 is 0 Å². The molecule has 3 rings (SSSR count). The second-order valence-electron chi connectivity index (χ2n) is 5.60. The van der Waals surface area contributed by atoms with Crippen molar-refractivity contribution in [2.24, 2.45) is 0 Å². The fourth-order valence-corrected chi connectivity index (χ4v) is 2.48. The first-order chi connectivity index (χ1) is 11.8. The Bertz CT molecular complexity index is 748. The molecular formula is C22H21O2. The molecule has 2 nitrogen and oxygen atoms in total. The first kappa shape index (κ1) is 16.1. The topological polar surface area (TPSA) is 18.5 Å². The first-order valence-electron chi connectivity index (χ1n) is 8.06. The van der Waals surface area contributed by atoms with Gasteiger partial charge in [-0.05, 0) is 53.8 Å². The lowest BCUT2D eigenvalue weighted by Gasteiger charge is -2.08. The number of benzene rings is 3.